The first-order valence-corrected chi connectivity index (χ1v) is 24.1. The highest BCUT2D eigenvalue weighted by atomic mass is 35.5. The Morgan fingerprint density at radius 1 is 0.729 bits per heavy atom. The van der Waals surface area contributed by atoms with Crippen molar-refractivity contribution in [3.8, 4) is 0 Å². The molecule has 338 valence electrons. The van der Waals surface area contributed by atoms with Crippen LogP contribution in [-0.4, -0.2) is 95.1 Å². The molecule has 1 amide bonds. The molecule has 12 nitrogen and oxygen atoms in total. The van der Waals surface area contributed by atoms with E-state index in [1.54, 1.807) is 18.2 Å². The van der Waals surface area contributed by atoms with Crippen LogP contribution in [0.4, 0.5) is 11.4 Å². The van der Waals surface area contributed by atoms with E-state index >= 15 is 0 Å². The lowest BCUT2D eigenvalue weighted by molar-refractivity contribution is -0.143. The van der Waals surface area contributed by atoms with Gasteiger partial charge in [-0.25, -0.2) is 4.57 Å². The van der Waals surface area contributed by atoms with E-state index in [1.165, 1.54) is 83.5 Å². The number of benzene rings is 2. The summed E-state index contributed by atoms with van der Waals surface area (Å²) in [5, 5.41) is 7.13. The maximum atomic E-state index is 12.8. The van der Waals surface area contributed by atoms with Crippen molar-refractivity contribution in [2.45, 2.75) is 129 Å². The summed E-state index contributed by atoms with van der Waals surface area (Å²) in [5.41, 5.74) is 2.11. The number of ether oxygens (including phenoxy) is 4. The molecule has 2 rings (SSSR count). The van der Waals surface area contributed by atoms with Crippen LogP contribution in [-0.2, 0) is 43.8 Å². The Balaban J connectivity index is 1.62. The molecular weight excluding hydrogens is 816 g/mol. The van der Waals surface area contributed by atoms with Crippen molar-refractivity contribution >= 4 is 48.3 Å². The Bertz CT molecular complexity index is 1390. The van der Waals surface area contributed by atoms with Crippen LogP contribution in [0, 0.1) is 0 Å². The molecule has 2 aromatic rings. The Labute approximate surface area is 365 Å². The van der Waals surface area contributed by atoms with Gasteiger partial charge in [0.2, 0.25) is 5.91 Å². The SMILES string of the molecule is CCCCCCCCCCCCCCCCCOCOCC(COP(=O)(O)OCCN(C)CC)OCOCCCNC(=O)Cc1ccccc1Nc1c(Cl)cccc1Cl. The van der Waals surface area contributed by atoms with Crippen LogP contribution < -0.4 is 10.6 Å². The number of hydrogen-bond donors (Lipinski definition) is 3. The third-order valence-electron chi connectivity index (χ3n) is 9.82. The summed E-state index contributed by atoms with van der Waals surface area (Å²) >= 11 is 12.7. The van der Waals surface area contributed by atoms with Gasteiger partial charge in [0.05, 0.1) is 48.6 Å². The van der Waals surface area contributed by atoms with Gasteiger partial charge in [-0.2, -0.15) is 0 Å². The molecule has 0 radical (unpaired) electrons. The topological polar surface area (TPSA) is 137 Å². The zero-order valence-corrected chi connectivity index (χ0v) is 38.5. The first kappa shape index (κ1) is 53.3. The molecule has 59 heavy (non-hydrogen) atoms. The summed E-state index contributed by atoms with van der Waals surface area (Å²) in [6.07, 6.45) is 19.6. The van der Waals surface area contributed by atoms with Crippen molar-refractivity contribution in [3.05, 3.63) is 58.1 Å². The van der Waals surface area contributed by atoms with Crippen molar-refractivity contribution in [1.82, 2.24) is 10.2 Å². The highest BCUT2D eigenvalue weighted by Crippen LogP contribution is 2.43. The van der Waals surface area contributed by atoms with Crippen molar-refractivity contribution in [2.24, 2.45) is 0 Å². The third-order valence-corrected chi connectivity index (χ3v) is 11.4. The summed E-state index contributed by atoms with van der Waals surface area (Å²) in [6.45, 7) is 6.68. The molecule has 0 saturated carbocycles. The van der Waals surface area contributed by atoms with E-state index in [0.29, 0.717) is 48.5 Å². The van der Waals surface area contributed by atoms with Gasteiger partial charge in [-0.05, 0) is 50.2 Å². The Morgan fingerprint density at radius 3 is 1.97 bits per heavy atom. The number of phosphoric ester groups is 1. The minimum absolute atomic E-state index is 0.0494. The van der Waals surface area contributed by atoms with Gasteiger partial charge >= 0.3 is 7.82 Å². The fraction of sp³-hybridized carbons (Fsp3) is 0.705. The number of rotatable bonds is 39. The summed E-state index contributed by atoms with van der Waals surface area (Å²) < 4.78 is 45.6. The largest absolute Gasteiger partial charge is 0.472 e. The van der Waals surface area contributed by atoms with Gasteiger partial charge in [-0.1, -0.05) is 151 Å². The third kappa shape index (κ3) is 27.7. The molecule has 2 aromatic carbocycles. The fourth-order valence-electron chi connectivity index (χ4n) is 6.09. The number of halogens is 2. The maximum Gasteiger partial charge on any atom is 0.472 e. The highest BCUT2D eigenvalue weighted by molar-refractivity contribution is 7.47. The number of nitrogens with one attached hydrogen (secondary N) is 2. The molecule has 0 fully saturated rings. The van der Waals surface area contributed by atoms with E-state index in [2.05, 4.69) is 17.6 Å². The van der Waals surface area contributed by atoms with Gasteiger partial charge in [-0.15, -0.1) is 0 Å². The zero-order valence-electron chi connectivity index (χ0n) is 36.1. The molecule has 0 aliphatic rings. The number of phosphoric acid groups is 1. The molecule has 2 unspecified atom stereocenters. The second-order valence-electron chi connectivity index (χ2n) is 14.9. The Morgan fingerprint density at radius 2 is 1.32 bits per heavy atom. The summed E-state index contributed by atoms with van der Waals surface area (Å²) in [7, 11) is -2.41. The molecule has 0 aromatic heterocycles. The molecule has 0 heterocycles. The molecule has 3 N–H and O–H groups in total. The zero-order chi connectivity index (χ0) is 42.8. The number of unbranched alkanes of at least 4 members (excludes halogenated alkanes) is 14. The van der Waals surface area contributed by atoms with Crippen LogP contribution in [0.2, 0.25) is 10.0 Å². The molecule has 2 atom stereocenters. The van der Waals surface area contributed by atoms with E-state index in [4.69, 9.17) is 51.2 Å². The lowest BCUT2D eigenvalue weighted by Gasteiger charge is -2.20. The second-order valence-corrected chi connectivity index (χ2v) is 17.2. The second kappa shape index (κ2) is 34.7. The fourth-order valence-corrected chi connectivity index (χ4v) is 7.32. The lowest BCUT2D eigenvalue weighted by atomic mass is 10.0. The number of para-hydroxylation sites is 2. The van der Waals surface area contributed by atoms with E-state index in [9.17, 15) is 14.3 Å². The van der Waals surface area contributed by atoms with Crippen LogP contribution in [0.25, 0.3) is 0 Å². The van der Waals surface area contributed by atoms with Crippen molar-refractivity contribution in [1.29, 1.82) is 0 Å². The number of nitrogens with zero attached hydrogens (tertiary/aromatic N) is 1. The number of anilines is 2. The molecule has 0 aliphatic heterocycles. The van der Waals surface area contributed by atoms with Crippen molar-refractivity contribution < 1.29 is 42.2 Å². The molecule has 15 heteroatoms. The van der Waals surface area contributed by atoms with Gasteiger partial charge in [0.1, 0.15) is 19.7 Å². The van der Waals surface area contributed by atoms with Gasteiger partial charge < -0.3 is 39.4 Å². The smallest absolute Gasteiger partial charge is 0.356 e. The first-order valence-electron chi connectivity index (χ1n) is 21.9. The highest BCUT2D eigenvalue weighted by Gasteiger charge is 2.24. The van der Waals surface area contributed by atoms with Crippen LogP contribution in [0.15, 0.2) is 42.5 Å². The monoisotopic (exact) mass is 889 g/mol. The van der Waals surface area contributed by atoms with Crippen LogP contribution >= 0.6 is 31.0 Å². The van der Waals surface area contributed by atoms with Gasteiger partial charge in [-0.3, -0.25) is 13.8 Å². The van der Waals surface area contributed by atoms with E-state index in [1.807, 2.05) is 43.1 Å². The number of likely N-dealkylation sites (N-methyl/N-ethyl adjacent to an activating group) is 1. The van der Waals surface area contributed by atoms with Crippen LogP contribution in [0.1, 0.15) is 122 Å². The van der Waals surface area contributed by atoms with Crippen LogP contribution in [0.3, 0.4) is 0 Å². The predicted molar refractivity (Wildman–Crippen MR) is 240 cm³/mol. The number of hydrogen-bond acceptors (Lipinski definition) is 10. The van der Waals surface area contributed by atoms with Gasteiger partial charge in [0.15, 0.2) is 0 Å². The normalized spacial score (nSPS) is 13.1. The lowest BCUT2D eigenvalue weighted by Crippen LogP contribution is -2.28. The van der Waals surface area contributed by atoms with Crippen molar-refractivity contribution in [2.75, 3.05) is 78.6 Å². The average molecular weight is 891 g/mol. The van der Waals surface area contributed by atoms with Crippen molar-refractivity contribution in [3.63, 3.8) is 0 Å². The Kier molecular flexibility index (Phi) is 31.4. The minimum Gasteiger partial charge on any atom is -0.356 e. The molecule has 0 aliphatic carbocycles. The minimum atomic E-state index is -4.30. The number of carbonyl (C=O) groups excluding carboxylic acids is 1. The van der Waals surface area contributed by atoms with E-state index < -0.39 is 13.9 Å². The molecule has 0 saturated heterocycles. The number of amides is 1. The summed E-state index contributed by atoms with van der Waals surface area (Å²) in [5.74, 6) is -0.145. The first-order chi connectivity index (χ1) is 28.6. The van der Waals surface area contributed by atoms with Gasteiger partial charge in [0, 0.05) is 25.4 Å². The average Bonchev–Trinajstić information content (AvgIpc) is 3.21. The molecular formula is C44H74Cl2N3O9P. The standard InChI is InChI=1S/C44H74Cl2N3O9P/c1-4-6-7-8-9-10-11-12-13-14-15-16-17-18-21-30-53-36-55-34-39(35-58-59(51,52)57-32-29-49(3)5-2)56-37-54-31-23-28-47-43(50)33-38-24-19-20-27-42(38)48-44-40(45)25-22-26-41(44)46/h19-20,22,24-27,39,48H,4-18,21,23,28-37H2,1-3H3,(H,47,50)(H,51,52). The van der Waals surface area contributed by atoms with E-state index in [0.717, 1.165) is 30.6 Å². The quantitative estimate of drug-likeness (QED) is 0.0336. The predicted octanol–water partition coefficient (Wildman–Crippen LogP) is 11.1. The summed E-state index contributed by atoms with van der Waals surface area (Å²) in [6, 6.07) is 12.7. The maximum absolute atomic E-state index is 12.8. The van der Waals surface area contributed by atoms with Gasteiger partial charge in [0.25, 0.3) is 0 Å². The summed E-state index contributed by atoms with van der Waals surface area (Å²) in [4.78, 5) is 24.9. The molecule has 0 spiro atoms. The Hall–Kier alpha value is -1.80. The molecule has 0 bridgehead atoms. The van der Waals surface area contributed by atoms with Crippen LogP contribution in [0.5, 0.6) is 0 Å². The van der Waals surface area contributed by atoms with E-state index in [-0.39, 0.29) is 45.7 Å². The number of carbonyl (C=O) groups is 1.